The summed E-state index contributed by atoms with van der Waals surface area (Å²) in [5.41, 5.74) is 6.50. The maximum Gasteiger partial charge on any atom is 0.0166 e. The van der Waals surface area contributed by atoms with Gasteiger partial charge in [0.2, 0.25) is 0 Å². The fourth-order valence-corrected chi connectivity index (χ4v) is 2.95. The van der Waals surface area contributed by atoms with Crippen LogP contribution in [0.3, 0.4) is 0 Å². The van der Waals surface area contributed by atoms with Crippen molar-refractivity contribution < 1.29 is 0 Å². The molecular weight excluding hydrogens is 220 g/mol. The van der Waals surface area contributed by atoms with Crippen LogP contribution in [0.4, 0.5) is 0 Å². The van der Waals surface area contributed by atoms with Crippen LogP contribution in [-0.2, 0) is 0 Å². The molecule has 0 aromatic rings. The Bertz CT molecular complexity index is 195. The number of hydrogen-bond acceptors (Lipinski definition) is 2. The molecule has 3 N–H and O–H groups in total. The zero-order valence-electron chi connectivity index (χ0n) is 12.6. The van der Waals surface area contributed by atoms with E-state index >= 15 is 0 Å². The van der Waals surface area contributed by atoms with E-state index in [9.17, 15) is 0 Å². The largest absolute Gasteiger partial charge is 0.325 e. The second-order valence-corrected chi connectivity index (χ2v) is 6.67. The SMILES string of the molecule is CC(C)CCCCCCNCCC1(N)CCCC1. The molecule has 108 valence electrons. The Balaban J connectivity index is 1.81. The van der Waals surface area contributed by atoms with Crippen molar-refractivity contribution in [2.24, 2.45) is 11.7 Å². The van der Waals surface area contributed by atoms with Gasteiger partial charge in [0, 0.05) is 5.54 Å². The van der Waals surface area contributed by atoms with Crippen LogP contribution in [-0.4, -0.2) is 18.6 Å². The van der Waals surface area contributed by atoms with Crippen LogP contribution in [0.5, 0.6) is 0 Å². The van der Waals surface area contributed by atoms with Crippen molar-refractivity contribution in [1.82, 2.24) is 5.32 Å². The zero-order valence-corrected chi connectivity index (χ0v) is 12.6. The average Bonchev–Trinajstić information content (AvgIpc) is 2.74. The van der Waals surface area contributed by atoms with Crippen molar-refractivity contribution in [3.05, 3.63) is 0 Å². The second kappa shape index (κ2) is 8.92. The average molecular weight is 254 g/mol. The molecule has 18 heavy (non-hydrogen) atoms. The highest BCUT2D eigenvalue weighted by molar-refractivity contribution is 4.89. The number of nitrogens with one attached hydrogen (secondary N) is 1. The van der Waals surface area contributed by atoms with Gasteiger partial charge in [-0.15, -0.1) is 0 Å². The molecule has 2 nitrogen and oxygen atoms in total. The molecule has 1 aliphatic carbocycles. The number of hydrogen-bond donors (Lipinski definition) is 2. The lowest BCUT2D eigenvalue weighted by molar-refractivity contribution is 0.392. The molecule has 0 saturated heterocycles. The van der Waals surface area contributed by atoms with E-state index in [1.54, 1.807) is 0 Å². The van der Waals surface area contributed by atoms with Crippen LogP contribution in [0.25, 0.3) is 0 Å². The van der Waals surface area contributed by atoms with Crippen molar-refractivity contribution in [1.29, 1.82) is 0 Å². The molecule has 2 heteroatoms. The van der Waals surface area contributed by atoms with E-state index in [2.05, 4.69) is 19.2 Å². The smallest absolute Gasteiger partial charge is 0.0166 e. The summed E-state index contributed by atoms with van der Waals surface area (Å²) in [4.78, 5) is 0. The predicted molar refractivity (Wildman–Crippen MR) is 80.8 cm³/mol. The molecular formula is C16H34N2. The van der Waals surface area contributed by atoms with Crippen molar-refractivity contribution in [3.63, 3.8) is 0 Å². The highest BCUT2D eigenvalue weighted by Gasteiger charge is 2.28. The van der Waals surface area contributed by atoms with Crippen molar-refractivity contribution in [2.45, 2.75) is 83.6 Å². The van der Waals surface area contributed by atoms with E-state index in [-0.39, 0.29) is 5.54 Å². The van der Waals surface area contributed by atoms with Crippen LogP contribution in [0.1, 0.15) is 78.1 Å². The van der Waals surface area contributed by atoms with Gasteiger partial charge >= 0.3 is 0 Å². The van der Waals surface area contributed by atoms with Gasteiger partial charge < -0.3 is 11.1 Å². The monoisotopic (exact) mass is 254 g/mol. The Morgan fingerprint density at radius 1 is 1.00 bits per heavy atom. The van der Waals surface area contributed by atoms with Crippen molar-refractivity contribution in [2.75, 3.05) is 13.1 Å². The molecule has 0 unspecified atom stereocenters. The number of rotatable bonds is 10. The maximum atomic E-state index is 6.33. The molecule has 1 fully saturated rings. The van der Waals surface area contributed by atoms with E-state index in [0.717, 1.165) is 12.5 Å². The summed E-state index contributed by atoms with van der Waals surface area (Å²) in [5, 5.41) is 3.56. The quantitative estimate of drug-likeness (QED) is 0.581. The fourth-order valence-electron chi connectivity index (χ4n) is 2.95. The summed E-state index contributed by atoms with van der Waals surface area (Å²) >= 11 is 0. The molecule has 0 radical (unpaired) electrons. The normalized spacial score (nSPS) is 18.7. The molecule has 0 heterocycles. The standard InChI is InChI=1S/C16H34N2/c1-15(2)9-5-3-4-8-13-18-14-12-16(17)10-6-7-11-16/h15,18H,3-14,17H2,1-2H3. The summed E-state index contributed by atoms with van der Waals surface area (Å²) in [6.07, 6.45) is 13.2. The van der Waals surface area contributed by atoms with Gasteiger partial charge in [-0.25, -0.2) is 0 Å². The molecule has 0 aromatic heterocycles. The highest BCUT2D eigenvalue weighted by atomic mass is 14.9. The third kappa shape index (κ3) is 7.38. The molecule has 0 spiro atoms. The van der Waals surface area contributed by atoms with Gasteiger partial charge in [0.1, 0.15) is 0 Å². The van der Waals surface area contributed by atoms with E-state index in [4.69, 9.17) is 5.73 Å². The Labute approximate surface area is 114 Å². The third-order valence-corrected chi connectivity index (χ3v) is 4.28. The van der Waals surface area contributed by atoms with Crippen LogP contribution >= 0.6 is 0 Å². The molecule has 0 atom stereocenters. The fraction of sp³-hybridized carbons (Fsp3) is 1.00. The van der Waals surface area contributed by atoms with Crippen LogP contribution in [0, 0.1) is 5.92 Å². The molecule has 0 amide bonds. The molecule has 0 aliphatic heterocycles. The van der Waals surface area contributed by atoms with Gasteiger partial charge in [0.15, 0.2) is 0 Å². The third-order valence-electron chi connectivity index (χ3n) is 4.28. The Morgan fingerprint density at radius 2 is 1.67 bits per heavy atom. The van der Waals surface area contributed by atoms with E-state index in [0.29, 0.717) is 0 Å². The first-order valence-corrected chi connectivity index (χ1v) is 8.12. The van der Waals surface area contributed by atoms with Gasteiger partial charge in [-0.05, 0) is 44.7 Å². The lowest BCUT2D eigenvalue weighted by Gasteiger charge is -2.23. The maximum absolute atomic E-state index is 6.33. The summed E-state index contributed by atoms with van der Waals surface area (Å²) in [6.45, 7) is 6.92. The van der Waals surface area contributed by atoms with Gasteiger partial charge in [-0.2, -0.15) is 0 Å². The van der Waals surface area contributed by atoms with E-state index < -0.39 is 0 Å². The molecule has 1 rings (SSSR count). The number of nitrogens with two attached hydrogens (primary N) is 1. The first-order valence-electron chi connectivity index (χ1n) is 8.12. The lowest BCUT2D eigenvalue weighted by atomic mass is 9.95. The summed E-state index contributed by atoms with van der Waals surface area (Å²) in [5.74, 6) is 0.871. The van der Waals surface area contributed by atoms with Gasteiger partial charge in [-0.1, -0.05) is 52.4 Å². The molecule has 1 saturated carbocycles. The van der Waals surface area contributed by atoms with Gasteiger partial charge in [-0.3, -0.25) is 0 Å². The number of unbranched alkanes of at least 4 members (excludes halogenated alkanes) is 3. The minimum atomic E-state index is 0.171. The van der Waals surface area contributed by atoms with Crippen molar-refractivity contribution >= 4 is 0 Å². The Morgan fingerprint density at radius 3 is 2.33 bits per heavy atom. The molecule has 0 bridgehead atoms. The van der Waals surface area contributed by atoms with Crippen LogP contribution in [0.2, 0.25) is 0 Å². The topological polar surface area (TPSA) is 38.0 Å². The van der Waals surface area contributed by atoms with Gasteiger partial charge in [0.05, 0.1) is 0 Å². The lowest BCUT2D eigenvalue weighted by Crippen LogP contribution is -2.39. The predicted octanol–water partition coefficient (Wildman–Crippen LogP) is 3.84. The zero-order chi connectivity index (χ0) is 13.3. The highest BCUT2D eigenvalue weighted by Crippen LogP contribution is 2.29. The summed E-state index contributed by atoms with van der Waals surface area (Å²) < 4.78 is 0. The van der Waals surface area contributed by atoms with Gasteiger partial charge in [0.25, 0.3) is 0 Å². The second-order valence-electron chi connectivity index (χ2n) is 6.67. The van der Waals surface area contributed by atoms with Crippen LogP contribution in [0.15, 0.2) is 0 Å². The first-order chi connectivity index (χ1) is 8.62. The Kier molecular flexibility index (Phi) is 7.92. The summed E-state index contributed by atoms with van der Waals surface area (Å²) in [6, 6.07) is 0. The van der Waals surface area contributed by atoms with E-state index in [1.807, 2.05) is 0 Å². The summed E-state index contributed by atoms with van der Waals surface area (Å²) in [7, 11) is 0. The van der Waals surface area contributed by atoms with Crippen molar-refractivity contribution in [3.8, 4) is 0 Å². The minimum absolute atomic E-state index is 0.171. The first kappa shape index (κ1) is 16.0. The van der Waals surface area contributed by atoms with E-state index in [1.165, 1.54) is 70.8 Å². The molecule has 0 aromatic carbocycles. The van der Waals surface area contributed by atoms with Crippen LogP contribution < -0.4 is 11.1 Å². The molecule has 1 aliphatic rings. The minimum Gasteiger partial charge on any atom is -0.325 e. The Hall–Kier alpha value is -0.0800.